The van der Waals surface area contributed by atoms with E-state index in [4.69, 9.17) is 4.74 Å². The highest BCUT2D eigenvalue weighted by atomic mass is 19.3. The minimum atomic E-state index is -2.69. The number of β-amino-alcohol motifs (C(OH)–C–C–N with tert-alkyl or cyclic N) is 1. The lowest BCUT2D eigenvalue weighted by molar-refractivity contribution is -0.160. The molecule has 0 spiro atoms. The number of carbonyl (C=O) groups excluding carboxylic acids is 1. The number of benzene rings is 2. The number of aliphatic hydroxyl groups is 1. The Morgan fingerprint density at radius 2 is 2.00 bits per heavy atom. The number of fused-ring (bicyclic) bond motifs is 2. The second-order valence-corrected chi connectivity index (χ2v) is 10.1. The number of H-pyrrole nitrogens is 1. The highest BCUT2D eigenvalue weighted by Gasteiger charge is 2.53. The number of hydrogen-bond acceptors (Lipinski definition) is 7. The van der Waals surface area contributed by atoms with Gasteiger partial charge < -0.3 is 19.7 Å². The van der Waals surface area contributed by atoms with Gasteiger partial charge in [0, 0.05) is 11.5 Å². The summed E-state index contributed by atoms with van der Waals surface area (Å²) in [5.74, 6) is 0.430. The number of hydrogen-bond donors (Lipinski definition) is 2. The van der Waals surface area contributed by atoms with E-state index in [9.17, 15) is 28.7 Å². The first-order valence-corrected chi connectivity index (χ1v) is 12.6. The molecule has 3 heterocycles. The van der Waals surface area contributed by atoms with Crippen molar-refractivity contribution in [2.45, 2.75) is 37.8 Å². The summed E-state index contributed by atoms with van der Waals surface area (Å²) in [6, 6.07) is 11.8. The van der Waals surface area contributed by atoms with Crippen LogP contribution in [0.2, 0.25) is 0 Å². The van der Waals surface area contributed by atoms with Crippen LogP contribution in [0.5, 0.6) is 5.75 Å². The lowest BCUT2D eigenvalue weighted by Crippen LogP contribution is -2.65. The summed E-state index contributed by atoms with van der Waals surface area (Å²) in [5, 5.41) is 25.5. The van der Waals surface area contributed by atoms with Crippen molar-refractivity contribution in [2.24, 2.45) is 5.92 Å². The van der Waals surface area contributed by atoms with E-state index >= 15 is 0 Å². The van der Waals surface area contributed by atoms with Gasteiger partial charge in [-0.15, -0.1) is 0 Å². The predicted molar refractivity (Wildman–Crippen MR) is 135 cm³/mol. The summed E-state index contributed by atoms with van der Waals surface area (Å²) < 4.78 is 31.5. The first-order chi connectivity index (χ1) is 18.7. The number of nitriles is 1. The van der Waals surface area contributed by atoms with E-state index in [0.29, 0.717) is 33.3 Å². The van der Waals surface area contributed by atoms with Gasteiger partial charge in [-0.05, 0) is 30.9 Å². The van der Waals surface area contributed by atoms with Gasteiger partial charge >= 0.3 is 0 Å². The standard InChI is InChI=1S/C27H24F2N6O4/c28-23(29)12-39-22-8-21-20(7-15(22)10-30)31-24(32-21)9-19-17-3-1-2-4-18(17)26(37)35(33-19)11-25(36)34-13-27(38,14-34)16-5-6-16/h1-4,7-8,16,23,38H,5-6,9,11-14H2,(H,31,32). The van der Waals surface area contributed by atoms with Gasteiger partial charge in [0.1, 0.15) is 36.4 Å². The lowest BCUT2D eigenvalue weighted by Gasteiger charge is -2.47. The van der Waals surface area contributed by atoms with Crippen LogP contribution >= 0.6 is 0 Å². The van der Waals surface area contributed by atoms with Gasteiger partial charge in [-0.25, -0.2) is 18.4 Å². The molecule has 1 amide bonds. The highest BCUT2D eigenvalue weighted by Crippen LogP contribution is 2.44. The van der Waals surface area contributed by atoms with E-state index in [2.05, 4.69) is 15.1 Å². The fraction of sp³-hybridized carbons (Fsp3) is 0.370. The topological polar surface area (TPSA) is 137 Å². The van der Waals surface area contributed by atoms with Gasteiger partial charge in [0.05, 0.1) is 47.2 Å². The molecule has 6 rings (SSSR count). The van der Waals surface area contributed by atoms with Gasteiger partial charge in [0.15, 0.2) is 0 Å². The number of halogens is 2. The van der Waals surface area contributed by atoms with Crippen LogP contribution in [0.25, 0.3) is 21.8 Å². The molecule has 1 saturated heterocycles. The summed E-state index contributed by atoms with van der Waals surface area (Å²) in [7, 11) is 0. The Balaban J connectivity index is 1.29. The molecule has 0 atom stereocenters. The lowest BCUT2D eigenvalue weighted by atomic mass is 9.89. The van der Waals surface area contributed by atoms with Crippen molar-refractivity contribution >= 4 is 27.7 Å². The van der Waals surface area contributed by atoms with Crippen LogP contribution in [0.4, 0.5) is 8.78 Å². The number of amides is 1. The number of aromatic amines is 1. The zero-order valence-electron chi connectivity index (χ0n) is 20.7. The summed E-state index contributed by atoms with van der Waals surface area (Å²) >= 11 is 0. The van der Waals surface area contributed by atoms with Crippen LogP contribution in [0.15, 0.2) is 41.2 Å². The second kappa shape index (κ2) is 9.43. The quantitative estimate of drug-likeness (QED) is 0.354. The van der Waals surface area contributed by atoms with Crippen molar-refractivity contribution in [1.29, 1.82) is 5.26 Å². The van der Waals surface area contributed by atoms with E-state index in [1.807, 2.05) is 6.07 Å². The Morgan fingerprint density at radius 3 is 2.69 bits per heavy atom. The van der Waals surface area contributed by atoms with Gasteiger partial charge in [-0.1, -0.05) is 18.2 Å². The van der Waals surface area contributed by atoms with Crippen molar-refractivity contribution in [3.05, 3.63) is 63.8 Å². The Morgan fingerprint density at radius 1 is 1.26 bits per heavy atom. The normalized spacial score (nSPS) is 16.4. The van der Waals surface area contributed by atoms with Crippen molar-refractivity contribution < 1.29 is 23.4 Å². The number of likely N-dealkylation sites (tertiary alicyclic amines) is 1. The molecule has 2 aromatic heterocycles. The third kappa shape index (κ3) is 4.70. The molecule has 0 unspecified atom stereocenters. The van der Waals surface area contributed by atoms with Crippen molar-refractivity contribution in [1.82, 2.24) is 24.6 Å². The summed E-state index contributed by atoms with van der Waals surface area (Å²) in [6.07, 6.45) is -0.576. The molecule has 1 saturated carbocycles. The van der Waals surface area contributed by atoms with E-state index in [0.717, 1.165) is 17.5 Å². The second-order valence-electron chi connectivity index (χ2n) is 10.1. The maximum Gasteiger partial charge on any atom is 0.275 e. The number of rotatable bonds is 8. The van der Waals surface area contributed by atoms with Crippen LogP contribution in [0.3, 0.4) is 0 Å². The third-order valence-electron chi connectivity index (χ3n) is 7.30. The average Bonchev–Trinajstić information content (AvgIpc) is 3.68. The molecule has 10 nitrogen and oxygen atoms in total. The number of imidazole rings is 1. The summed E-state index contributed by atoms with van der Waals surface area (Å²) in [5.41, 5.74) is 0.310. The maximum absolute atomic E-state index is 13.2. The van der Waals surface area contributed by atoms with E-state index in [-0.39, 0.29) is 49.2 Å². The molecule has 2 fully saturated rings. The van der Waals surface area contributed by atoms with Gasteiger partial charge in [0.25, 0.3) is 12.0 Å². The number of nitrogens with zero attached hydrogens (tertiary/aromatic N) is 5. The van der Waals surface area contributed by atoms with Gasteiger partial charge in [-0.3, -0.25) is 9.59 Å². The number of ether oxygens (including phenoxy) is 1. The molecule has 200 valence electrons. The van der Waals surface area contributed by atoms with Gasteiger partial charge in [-0.2, -0.15) is 10.4 Å². The molecule has 2 aliphatic rings. The molecular formula is C27H24F2N6O4. The van der Waals surface area contributed by atoms with Crippen LogP contribution < -0.4 is 10.3 Å². The molecule has 39 heavy (non-hydrogen) atoms. The highest BCUT2D eigenvalue weighted by molar-refractivity contribution is 5.85. The minimum Gasteiger partial charge on any atom is -0.486 e. The number of alkyl halides is 2. The third-order valence-corrected chi connectivity index (χ3v) is 7.30. The molecule has 2 aromatic carbocycles. The molecule has 1 aliphatic carbocycles. The van der Waals surface area contributed by atoms with Crippen molar-refractivity contribution in [3.8, 4) is 11.8 Å². The zero-order chi connectivity index (χ0) is 27.3. The van der Waals surface area contributed by atoms with Gasteiger partial charge in [0.2, 0.25) is 5.91 Å². The number of nitrogens with one attached hydrogen (secondary N) is 1. The Kier molecular flexibility index (Phi) is 6.03. The first kappa shape index (κ1) is 24.9. The van der Waals surface area contributed by atoms with Crippen LogP contribution in [-0.2, 0) is 17.8 Å². The smallest absolute Gasteiger partial charge is 0.275 e. The molecule has 2 N–H and O–H groups in total. The Hall–Kier alpha value is -4.37. The number of aromatic nitrogens is 4. The van der Waals surface area contributed by atoms with Crippen LogP contribution in [0, 0.1) is 17.2 Å². The fourth-order valence-electron chi connectivity index (χ4n) is 5.13. The Bertz CT molecular complexity index is 1700. The molecule has 1 aliphatic heterocycles. The van der Waals surface area contributed by atoms with Crippen molar-refractivity contribution in [3.63, 3.8) is 0 Å². The minimum absolute atomic E-state index is 0.0126. The fourth-order valence-corrected chi connectivity index (χ4v) is 5.13. The zero-order valence-corrected chi connectivity index (χ0v) is 20.7. The monoisotopic (exact) mass is 534 g/mol. The van der Waals surface area contributed by atoms with E-state index in [1.165, 1.54) is 12.1 Å². The van der Waals surface area contributed by atoms with E-state index < -0.39 is 24.2 Å². The first-order valence-electron chi connectivity index (χ1n) is 12.6. The van der Waals surface area contributed by atoms with Crippen LogP contribution in [0.1, 0.15) is 29.9 Å². The molecular weight excluding hydrogens is 510 g/mol. The summed E-state index contributed by atoms with van der Waals surface area (Å²) in [6.45, 7) is -0.574. The maximum atomic E-state index is 13.2. The van der Waals surface area contributed by atoms with Crippen molar-refractivity contribution in [2.75, 3.05) is 19.7 Å². The van der Waals surface area contributed by atoms with Crippen LogP contribution in [-0.4, -0.2) is 67.4 Å². The number of carbonyl (C=O) groups is 1. The Labute approximate surface area is 220 Å². The SMILES string of the molecule is N#Cc1cc2[nH]c(Cc3nn(CC(=O)N4CC(O)(C5CC5)C4)c(=O)c4ccccc34)nc2cc1OCC(F)F. The average molecular weight is 535 g/mol. The molecule has 4 aromatic rings. The predicted octanol–water partition coefficient (Wildman–Crippen LogP) is 2.36. The molecule has 0 radical (unpaired) electrons. The molecule has 12 heteroatoms. The largest absolute Gasteiger partial charge is 0.486 e. The molecule has 0 bridgehead atoms. The summed E-state index contributed by atoms with van der Waals surface area (Å²) in [4.78, 5) is 35.2. The van der Waals surface area contributed by atoms with E-state index in [1.54, 1.807) is 29.2 Å².